The van der Waals surface area contributed by atoms with E-state index in [-0.39, 0.29) is 27.2 Å². The van der Waals surface area contributed by atoms with Crippen molar-refractivity contribution < 1.29 is 10.0 Å². The molecule has 0 saturated carbocycles. The first kappa shape index (κ1) is 23.0. The molecule has 0 aliphatic rings. The zero-order valence-electron chi connectivity index (χ0n) is 18.6. The number of aliphatic imine (C=N–C) groups is 1. The molecule has 1 N–H and O–H groups in total. The summed E-state index contributed by atoms with van der Waals surface area (Å²) >= 11 is 0. The molecule has 0 atom stereocenters. The second-order valence-corrected chi connectivity index (χ2v) is 11.8. The van der Waals surface area contributed by atoms with Gasteiger partial charge in [-0.3, -0.25) is 15.1 Å². The van der Waals surface area contributed by atoms with Crippen LogP contribution in [-0.4, -0.2) is 29.6 Å². The van der Waals surface area contributed by atoms with Crippen molar-refractivity contribution in [3.8, 4) is 5.75 Å². The highest BCUT2D eigenvalue weighted by atomic mass is 31.1. The lowest BCUT2D eigenvalue weighted by Gasteiger charge is -2.27. The average Bonchev–Trinajstić information content (AvgIpc) is 2.58. The lowest BCUT2D eigenvalue weighted by molar-refractivity contribution is -0.384. The summed E-state index contributed by atoms with van der Waals surface area (Å²) in [7, 11) is -0.576. The molecule has 5 nitrogen and oxygen atoms in total. The topological polar surface area (TPSA) is 75.7 Å². The minimum atomic E-state index is -0.576. The molecule has 0 spiro atoms. The Hall–Kier alpha value is -2.26. The van der Waals surface area contributed by atoms with Gasteiger partial charge in [0.1, 0.15) is 5.75 Å². The van der Waals surface area contributed by atoms with E-state index in [1.165, 1.54) is 6.07 Å². The van der Waals surface area contributed by atoms with Crippen molar-refractivity contribution >= 4 is 30.8 Å². The van der Waals surface area contributed by atoms with E-state index in [2.05, 4.69) is 52.6 Å². The van der Waals surface area contributed by atoms with Crippen molar-refractivity contribution in [2.75, 3.05) is 13.3 Å². The Morgan fingerprint density at radius 3 is 2.14 bits per heavy atom. The van der Waals surface area contributed by atoms with Gasteiger partial charge in [-0.2, -0.15) is 0 Å². The van der Waals surface area contributed by atoms with E-state index in [1.54, 1.807) is 18.3 Å². The van der Waals surface area contributed by atoms with Crippen molar-refractivity contribution in [2.24, 2.45) is 4.99 Å². The number of phenolic OH excluding ortho intramolecular Hbond substituents is 1. The van der Waals surface area contributed by atoms with Crippen LogP contribution in [-0.2, 0) is 10.8 Å². The number of phenols is 1. The third-order valence-electron chi connectivity index (χ3n) is 4.81. The van der Waals surface area contributed by atoms with Gasteiger partial charge in [-0.15, -0.1) is 0 Å². The monoisotopic (exact) mass is 414 g/mol. The number of nitro benzene ring substituents is 1. The van der Waals surface area contributed by atoms with Gasteiger partial charge in [0.15, 0.2) is 0 Å². The van der Waals surface area contributed by atoms with Crippen molar-refractivity contribution in [3.63, 3.8) is 0 Å². The highest BCUT2D eigenvalue weighted by Gasteiger charge is 2.24. The third kappa shape index (κ3) is 5.42. The van der Waals surface area contributed by atoms with Crippen LogP contribution < -0.4 is 5.30 Å². The first-order valence-corrected chi connectivity index (χ1v) is 11.8. The Morgan fingerprint density at radius 2 is 1.66 bits per heavy atom. The van der Waals surface area contributed by atoms with Crippen LogP contribution in [0.25, 0.3) is 0 Å². The summed E-state index contributed by atoms with van der Waals surface area (Å²) in [5.74, 6) is 0.230. The summed E-state index contributed by atoms with van der Waals surface area (Å²) in [6.07, 6.45) is 1.67. The van der Waals surface area contributed by atoms with Crippen LogP contribution in [0, 0.1) is 10.1 Å². The molecule has 0 amide bonds. The molecule has 156 valence electrons. The molecule has 0 fully saturated rings. The van der Waals surface area contributed by atoms with Gasteiger partial charge < -0.3 is 5.11 Å². The number of aromatic hydroxyl groups is 1. The predicted octanol–water partition coefficient (Wildman–Crippen LogP) is 6.01. The third-order valence-corrected chi connectivity index (χ3v) is 6.13. The Balaban J connectivity index is 2.62. The Labute approximate surface area is 174 Å². The fraction of sp³-hybridized carbons (Fsp3) is 0.435. The van der Waals surface area contributed by atoms with E-state index in [4.69, 9.17) is 0 Å². The van der Waals surface area contributed by atoms with Gasteiger partial charge in [0.25, 0.3) is 5.69 Å². The number of hydrogen-bond acceptors (Lipinski definition) is 4. The largest absolute Gasteiger partial charge is 0.507 e. The number of non-ortho nitro benzene ring substituents is 1. The fourth-order valence-corrected chi connectivity index (χ4v) is 3.97. The molecule has 0 aromatic heterocycles. The number of rotatable bonds is 4. The fourth-order valence-electron chi connectivity index (χ4n) is 2.99. The summed E-state index contributed by atoms with van der Waals surface area (Å²) in [6.45, 7) is 16.7. The number of hydrogen-bond donors (Lipinski definition) is 1. The van der Waals surface area contributed by atoms with Crippen molar-refractivity contribution in [2.45, 2.75) is 52.4 Å². The standard InChI is InChI=1S/C23H31N2O3P/c1-22(2,3)16-11-15(21(26)18(12-16)23(4,5)6)14-24-19-10-9-17(25(27)28)13-20(19)29(7)8/h9-14,26H,1-8H3/b24-14+. The average molecular weight is 414 g/mol. The van der Waals surface area contributed by atoms with Gasteiger partial charge in [0.05, 0.1) is 10.6 Å². The number of benzene rings is 2. The van der Waals surface area contributed by atoms with E-state index in [0.29, 0.717) is 11.3 Å². The van der Waals surface area contributed by atoms with Crippen LogP contribution in [0.15, 0.2) is 35.3 Å². The summed E-state index contributed by atoms with van der Waals surface area (Å²) in [5, 5.41) is 22.9. The molecule has 0 saturated heterocycles. The van der Waals surface area contributed by atoms with Crippen molar-refractivity contribution in [1.82, 2.24) is 0 Å². The van der Waals surface area contributed by atoms with Crippen LogP contribution in [0.3, 0.4) is 0 Å². The number of nitrogens with zero attached hydrogens (tertiary/aromatic N) is 2. The van der Waals surface area contributed by atoms with Crippen molar-refractivity contribution in [1.29, 1.82) is 0 Å². The maximum atomic E-state index is 11.1. The molecular formula is C23H31N2O3P. The van der Waals surface area contributed by atoms with E-state index in [1.807, 2.05) is 19.4 Å². The van der Waals surface area contributed by atoms with Crippen LogP contribution >= 0.6 is 7.92 Å². The van der Waals surface area contributed by atoms with Gasteiger partial charge in [0.2, 0.25) is 0 Å². The molecule has 29 heavy (non-hydrogen) atoms. The van der Waals surface area contributed by atoms with Gasteiger partial charge >= 0.3 is 0 Å². The molecule has 6 heteroatoms. The van der Waals surface area contributed by atoms with E-state index in [0.717, 1.165) is 16.4 Å². The Bertz CT molecular complexity index is 952. The molecular weight excluding hydrogens is 383 g/mol. The first-order chi connectivity index (χ1) is 13.2. The molecule has 0 radical (unpaired) electrons. The quantitative estimate of drug-likeness (QED) is 0.288. The van der Waals surface area contributed by atoms with Crippen LogP contribution in [0.5, 0.6) is 5.75 Å². The molecule has 2 aromatic rings. The summed E-state index contributed by atoms with van der Waals surface area (Å²) in [4.78, 5) is 15.3. The second-order valence-electron chi connectivity index (χ2n) is 9.54. The molecule has 0 unspecified atom stereocenters. The lowest BCUT2D eigenvalue weighted by atomic mass is 9.79. The molecule has 2 rings (SSSR count). The SMILES string of the molecule is CP(C)c1cc([N+](=O)[O-])ccc1/N=C/c1cc(C(C)(C)C)cc(C(C)(C)C)c1O. The molecule has 2 aromatic carbocycles. The minimum Gasteiger partial charge on any atom is -0.507 e. The van der Waals surface area contributed by atoms with E-state index >= 15 is 0 Å². The summed E-state index contributed by atoms with van der Waals surface area (Å²) in [5.41, 5.74) is 3.14. The Kier molecular flexibility index (Phi) is 6.54. The molecule has 0 aliphatic carbocycles. The Morgan fingerprint density at radius 1 is 1.03 bits per heavy atom. The molecule has 0 aliphatic heterocycles. The lowest BCUT2D eigenvalue weighted by Crippen LogP contribution is -2.17. The second kappa shape index (κ2) is 8.23. The molecule has 0 heterocycles. The first-order valence-electron chi connectivity index (χ1n) is 9.59. The molecule has 0 bridgehead atoms. The normalized spacial score (nSPS) is 12.7. The maximum Gasteiger partial charge on any atom is 0.270 e. The van der Waals surface area contributed by atoms with Crippen LogP contribution in [0.2, 0.25) is 0 Å². The number of nitro groups is 1. The van der Waals surface area contributed by atoms with Gasteiger partial charge in [-0.05, 0) is 41.9 Å². The summed E-state index contributed by atoms with van der Waals surface area (Å²) in [6, 6.07) is 8.80. The van der Waals surface area contributed by atoms with Gasteiger partial charge in [-0.25, -0.2) is 0 Å². The highest BCUT2D eigenvalue weighted by molar-refractivity contribution is 7.64. The van der Waals surface area contributed by atoms with Gasteiger partial charge in [-0.1, -0.05) is 55.5 Å². The summed E-state index contributed by atoms with van der Waals surface area (Å²) < 4.78 is 0. The highest BCUT2D eigenvalue weighted by Crippen LogP contribution is 2.37. The predicted molar refractivity (Wildman–Crippen MR) is 124 cm³/mol. The van der Waals surface area contributed by atoms with Crippen molar-refractivity contribution in [3.05, 3.63) is 57.1 Å². The van der Waals surface area contributed by atoms with Crippen LogP contribution in [0.4, 0.5) is 11.4 Å². The zero-order valence-corrected chi connectivity index (χ0v) is 19.5. The van der Waals surface area contributed by atoms with E-state index in [9.17, 15) is 15.2 Å². The van der Waals surface area contributed by atoms with Crippen LogP contribution in [0.1, 0.15) is 58.2 Å². The zero-order chi connectivity index (χ0) is 22.1. The van der Waals surface area contributed by atoms with Gasteiger partial charge in [0, 0.05) is 34.8 Å². The van der Waals surface area contributed by atoms with E-state index < -0.39 is 7.92 Å². The minimum absolute atomic E-state index is 0.0720. The maximum absolute atomic E-state index is 11.1. The smallest absolute Gasteiger partial charge is 0.270 e.